The van der Waals surface area contributed by atoms with Crippen molar-refractivity contribution in [2.75, 3.05) is 0 Å². The fourth-order valence-corrected chi connectivity index (χ4v) is 3.57. The van der Waals surface area contributed by atoms with E-state index < -0.39 is 10.0 Å². The molecule has 0 fully saturated rings. The van der Waals surface area contributed by atoms with E-state index in [-0.39, 0.29) is 6.04 Å². The number of pyridine rings is 1. The Labute approximate surface area is 119 Å². The van der Waals surface area contributed by atoms with Crippen molar-refractivity contribution in [1.82, 2.24) is 9.71 Å². The van der Waals surface area contributed by atoms with Gasteiger partial charge in [0.2, 0.25) is 10.0 Å². The summed E-state index contributed by atoms with van der Waals surface area (Å²) in [5.41, 5.74) is 2.55. The number of nitrogens with zero attached hydrogens (tertiary/aromatic N) is 1. The monoisotopic (exact) mass is 290 g/mol. The average molecular weight is 290 g/mol. The van der Waals surface area contributed by atoms with Crippen LogP contribution in [0.3, 0.4) is 0 Å². The number of aromatic nitrogens is 1. The fraction of sp³-hybridized carbons (Fsp3) is 0.267. The topological polar surface area (TPSA) is 59.1 Å². The summed E-state index contributed by atoms with van der Waals surface area (Å²) in [5.74, 6) is 0. The maximum Gasteiger partial charge on any atom is 0.241 e. The first-order valence-corrected chi connectivity index (χ1v) is 7.88. The zero-order valence-electron chi connectivity index (χ0n) is 11.8. The molecule has 0 saturated carbocycles. The van der Waals surface area contributed by atoms with Crippen molar-refractivity contribution >= 4 is 10.0 Å². The van der Waals surface area contributed by atoms with E-state index in [1.165, 1.54) is 0 Å². The molecule has 1 heterocycles. The van der Waals surface area contributed by atoms with Crippen LogP contribution in [0.4, 0.5) is 0 Å². The molecule has 1 N–H and O–H groups in total. The third-order valence-corrected chi connectivity index (χ3v) is 4.85. The molecular formula is C15H18N2O2S. The molecule has 2 rings (SSSR count). The third-order valence-electron chi connectivity index (χ3n) is 3.17. The molecule has 0 spiro atoms. The predicted molar refractivity (Wildman–Crippen MR) is 78.9 cm³/mol. The Bertz CT molecular complexity index is 697. The number of hydrogen-bond acceptors (Lipinski definition) is 3. The molecule has 0 aliphatic rings. The lowest BCUT2D eigenvalue weighted by atomic mass is 10.1. The van der Waals surface area contributed by atoms with E-state index in [4.69, 9.17) is 0 Å². The molecule has 1 atom stereocenters. The summed E-state index contributed by atoms with van der Waals surface area (Å²) in [7, 11) is -3.53. The zero-order valence-corrected chi connectivity index (χ0v) is 12.6. The average Bonchev–Trinajstić information content (AvgIpc) is 2.42. The highest BCUT2D eigenvalue weighted by Gasteiger charge is 2.20. The van der Waals surface area contributed by atoms with Gasteiger partial charge in [0.1, 0.15) is 0 Å². The van der Waals surface area contributed by atoms with Crippen LogP contribution in [-0.4, -0.2) is 13.4 Å². The molecule has 1 aromatic heterocycles. The van der Waals surface area contributed by atoms with Crippen molar-refractivity contribution in [3.05, 3.63) is 59.4 Å². The summed E-state index contributed by atoms with van der Waals surface area (Å²) >= 11 is 0. The van der Waals surface area contributed by atoms with Crippen molar-refractivity contribution in [2.45, 2.75) is 31.7 Å². The highest BCUT2D eigenvalue weighted by Crippen LogP contribution is 2.20. The van der Waals surface area contributed by atoms with Crippen LogP contribution in [0.5, 0.6) is 0 Å². The zero-order chi connectivity index (χ0) is 14.8. The van der Waals surface area contributed by atoms with E-state index in [1.807, 2.05) is 26.0 Å². The van der Waals surface area contributed by atoms with Gasteiger partial charge in [-0.1, -0.05) is 12.1 Å². The van der Waals surface area contributed by atoms with Gasteiger partial charge in [0.25, 0.3) is 0 Å². The van der Waals surface area contributed by atoms with Gasteiger partial charge in [0.05, 0.1) is 4.90 Å². The second-order valence-electron chi connectivity index (χ2n) is 4.89. The van der Waals surface area contributed by atoms with Gasteiger partial charge < -0.3 is 0 Å². The Balaban J connectivity index is 2.30. The largest absolute Gasteiger partial charge is 0.265 e. The van der Waals surface area contributed by atoms with Gasteiger partial charge in [-0.3, -0.25) is 4.98 Å². The summed E-state index contributed by atoms with van der Waals surface area (Å²) in [6, 6.07) is 8.72. The lowest BCUT2D eigenvalue weighted by Crippen LogP contribution is -2.27. The van der Waals surface area contributed by atoms with Gasteiger partial charge in [-0.05, 0) is 55.7 Å². The minimum atomic E-state index is -3.53. The van der Waals surface area contributed by atoms with E-state index >= 15 is 0 Å². The summed E-state index contributed by atoms with van der Waals surface area (Å²) in [4.78, 5) is 4.26. The van der Waals surface area contributed by atoms with Crippen LogP contribution in [0, 0.1) is 13.8 Å². The number of rotatable bonds is 4. The summed E-state index contributed by atoms with van der Waals surface area (Å²) < 4.78 is 27.6. The SMILES string of the molecule is Cc1ccc(C)c(S(=O)(=O)NC(C)c2ccncc2)c1. The molecule has 4 nitrogen and oxygen atoms in total. The van der Waals surface area contributed by atoms with Gasteiger partial charge in [0, 0.05) is 18.4 Å². The Morgan fingerprint density at radius 1 is 1.10 bits per heavy atom. The number of benzene rings is 1. The second kappa shape index (κ2) is 5.73. The Morgan fingerprint density at radius 3 is 2.40 bits per heavy atom. The minimum Gasteiger partial charge on any atom is -0.265 e. The van der Waals surface area contributed by atoms with E-state index in [2.05, 4.69) is 9.71 Å². The molecule has 106 valence electrons. The van der Waals surface area contributed by atoms with Gasteiger partial charge in [-0.15, -0.1) is 0 Å². The molecule has 2 aromatic rings. The fourth-order valence-electron chi connectivity index (χ4n) is 2.01. The quantitative estimate of drug-likeness (QED) is 0.942. The van der Waals surface area contributed by atoms with Crippen molar-refractivity contribution in [3.63, 3.8) is 0 Å². The van der Waals surface area contributed by atoms with Crippen molar-refractivity contribution in [3.8, 4) is 0 Å². The van der Waals surface area contributed by atoms with E-state index in [0.717, 1.165) is 16.7 Å². The summed E-state index contributed by atoms with van der Waals surface area (Å²) in [5, 5.41) is 0. The van der Waals surface area contributed by atoms with Crippen molar-refractivity contribution < 1.29 is 8.42 Å². The number of aryl methyl sites for hydroxylation is 2. The smallest absolute Gasteiger partial charge is 0.241 e. The first kappa shape index (κ1) is 14.7. The molecule has 0 aliphatic heterocycles. The first-order chi connectivity index (χ1) is 9.40. The molecule has 0 aliphatic carbocycles. The van der Waals surface area contributed by atoms with E-state index in [9.17, 15) is 8.42 Å². The van der Waals surface area contributed by atoms with Crippen LogP contribution in [0.25, 0.3) is 0 Å². The Kier molecular flexibility index (Phi) is 4.20. The maximum atomic E-state index is 12.5. The standard InChI is InChI=1S/C15H18N2O2S/c1-11-4-5-12(2)15(10-11)20(18,19)17-13(3)14-6-8-16-9-7-14/h4-10,13,17H,1-3H3. The lowest BCUT2D eigenvalue weighted by molar-refractivity contribution is 0.566. The number of nitrogens with one attached hydrogen (secondary N) is 1. The highest BCUT2D eigenvalue weighted by atomic mass is 32.2. The molecule has 0 saturated heterocycles. The van der Waals surface area contributed by atoms with Gasteiger partial charge >= 0.3 is 0 Å². The summed E-state index contributed by atoms with van der Waals surface area (Å²) in [6.45, 7) is 5.49. The van der Waals surface area contributed by atoms with Gasteiger partial charge in [-0.25, -0.2) is 13.1 Å². The van der Waals surface area contributed by atoms with Crippen LogP contribution in [0.1, 0.15) is 29.7 Å². The molecule has 20 heavy (non-hydrogen) atoms. The van der Waals surface area contributed by atoms with Crippen LogP contribution in [0.2, 0.25) is 0 Å². The van der Waals surface area contributed by atoms with Gasteiger partial charge in [-0.2, -0.15) is 0 Å². The molecule has 0 bridgehead atoms. The minimum absolute atomic E-state index is 0.303. The normalized spacial score (nSPS) is 13.2. The molecule has 1 aromatic carbocycles. The van der Waals surface area contributed by atoms with Crippen LogP contribution in [-0.2, 0) is 10.0 Å². The van der Waals surface area contributed by atoms with Crippen LogP contribution < -0.4 is 4.72 Å². The Hall–Kier alpha value is -1.72. The first-order valence-electron chi connectivity index (χ1n) is 6.39. The molecule has 0 amide bonds. The third kappa shape index (κ3) is 3.23. The Morgan fingerprint density at radius 2 is 1.75 bits per heavy atom. The number of sulfonamides is 1. The molecule has 5 heteroatoms. The van der Waals surface area contributed by atoms with E-state index in [0.29, 0.717) is 4.90 Å². The van der Waals surface area contributed by atoms with Crippen molar-refractivity contribution in [1.29, 1.82) is 0 Å². The molecule has 1 unspecified atom stereocenters. The van der Waals surface area contributed by atoms with Crippen LogP contribution >= 0.6 is 0 Å². The predicted octanol–water partition coefficient (Wildman–Crippen LogP) is 2.74. The molecular weight excluding hydrogens is 272 g/mol. The second-order valence-corrected chi connectivity index (χ2v) is 6.57. The van der Waals surface area contributed by atoms with Crippen molar-refractivity contribution in [2.24, 2.45) is 0 Å². The van der Waals surface area contributed by atoms with Crippen LogP contribution in [0.15, 0.2) is 47.6 Å². The number of hydrogen-bond donors (Lipinski definition) is 1. The van der Waals surface area contributed by atoms with Gasteiger partial charge in [0.15, 0.2) is 0 Å². The summed E-state index contributed by atoms with van der Waals surface area (Å²) in [6.07, 6.45) is 3.30. The lowest BCUT2D eigenvalue weighted by Gasteiger charge is -2.16. The van der Waals surface area contributed by atoms with E-state index in [1.54, 1.807) is 37.5 Å². The molecule has 0 radical (unpaired) electrons. The highest BCUT2D eigenvalue weighted by molar-refractivity contribution is 7.89. The maximum absolute atomic E-state index is 12.5.